The Balaban J connectivity index is 2.58. The molecule has 0 aliphatic heterocycles. The highest BCUT2D eigenvalue weighted by Crippen LogP contribution is 2.34. The highest BCUT2D eigenvalue weighted by Gasteiger charge is 2.30. The SMILES string of the molecule is CCC(C)C(C)C(C)C(C)C(C)C(C)OC(=O)/C=C/c1ccccc1. The minimum atomic E-state index is -0.266. The number of rotatable bonds is 9. The van der Waals surface area contributed by atoms with Crippen LogP contribution in [0.15, 0.2) is 36.4 Å². The molecule has 0 N–H and O–H groups in total. The Morgan fingerprint density at radius 1 is 0.920 bits per heavy atom. The van der Waals surface area contributed by atoms with Gasteiger partial charge in [0.2, 0.25) is 0 Å². The minimum absolute atomic E-state index is 0.0884. The van der Waals surface area contributed by atoms with Crippen molar-refractivity contribution in [3.63, 3.8) is 0 Å². The molecule has 2 heteroatoms. The molecule has 0 aromatic heterocycles. The van der Waals surface area contributed by atoms with E-state index in [1.54, 1.807) is 6.08 Å². The summed E-state index contributed by atoms with van der Waals surface area (Å²) in [6.45, 7) is 15.8. The van der Waals surface area contributed by atoms with Crippen LogP contribution in [0.5, 0.6) is 0 Å². The number of ether oxygens (including phenoxy) is 1. The molecule has 0 bridgehead atoms. The molecule has 0 aliphatic carbocycles. The molecule has 1 aromatic carbocycles. The monoisotopic (exact) mass is 344 g/mol. The van der Waals surface area contributed by atoms with Crippen molar-refractivity contribution in [3.8, 4) is 0 Å². The predicted octanol–water partition coefficient (Wildman–Crippen LogP) is 6.22. The summed E-state index contributed by atoms with van der Waals surface area (Å²) in [6, 6.07) is 9.81. The van der Waals surface area contributed by atoms with Gasteiger partial charge in [-0.3, -0.25) is 0 Å². The molecule has 1 rings (SSSR count). The molecule has 25 heavy (non-hydrogen) atoms. The van der Waals surface area contributed by atoms with Crippen LogP contribution in [0.3, 0.4) is 0 Å². The second-order valence-electron chi connectivity index (χ2n) is 7.71. The average Bonchev–Trinajstić information content (AvgIpc) is 2.63. The summed E-state index contributed by atoms with van der Waals surface area (Å²) in [5, 5.41) is 0. The second kappa shape index (κ2) is 10.4. The van der Waals surface area contributed by atoms with E-state index in [-0.39, 0.29) is 12.1 Å². The zero-order valence-corrected chi connectivity index (χ0v) is 17.0. The van der Waals surface area contributed by atoms with Gasteiger partial charge in [-0.05, 0) is 48.2 Å². The third-order valence-electron chi connectivity index (χ3n) is 6.28. The van der Waals surface area contributed by atoms with Crippen LogP contribution < -0.4 is 0 Å². The Morgan fingerprint density at radius 3 is 2.04 bits per heavy atom. The van der Waals surface area contributed by atoms with Crippen molar-refractivity contribution in [2.45, 2.75) is 61.0 Å². The molecule has 140 valence electrons. The Kier molecular flexibility index (Phi) is 8.96. The standard InChI is InChI=1S/C23H36O2/c1-8-16(2)17(3)18(4)19(5)20(6)21(7)25-23(24)15-14-22-12-10-9-11-13-22/h9-21H,8H2,1-7H3/b15-14+. The number of hydrogen-bond donors (Lipinski definition) is 0. The van der Waals surface area contributed by atoms with E-state index in [1.807, 2.05) is 37.3 Å². The fourth-order valence-electron chi connectivity index (χ4n) is 3.33. The maximum atomic E-state index is 12.1. The Labute approximate surface area is 154 Å². The molecule has 6 atom stereocenters. The Morgan fingerprint density at radius 2 is 1.48 bits per heavy atom. The van der Waals surface area contributed by atoms with Crippen molar-refractivity contribution in [2.75, 3.05) is 0 Å². The highest BCUT2D eigenvalue weighted by molar-refractivity contribution is 5.87. The van der Waals surface area contributed by atoms with Gasteiger partial charge in [-0.2, -0.15) is 0 Å². The van der Waals surface area contributed by atoms with Crippen molar-refractivity contribution in [1.82, 2.24) is 0 Å². The zero-order chi connectivity index (χ0) is 19.0. The van der Waals surface area contributed by atoms with Gasteiger partial charge in [0.1, 0.15) is 6.10 Å². The minimum Gasteiger partial charge on any atom is -0.459 e. The summed E-state index contributed by atoms with van der Waals surface area (Å²) in [5.41, 5.74) is 1.00. The molecule has 0 aliphatic rings. The summed E-state index contributed by atoms with van der Waals surface area (Å²) in [5.74, 6) is 2.56. The molecule has 6 unspecified atom stereocenters. The summed E-state index contributed by atoms with van der Waals surface area (Å²) in [4.78, 5) is 12.1. The van der Waals surface area contributed by atoms with Crippen LogP contribution in [-0.4, -0.2) is 12.1 Å². The number of esters is 1. The maximum Gasteiger partial charge on any atom is 0.331 e. The molecular formula is C23H36O2. The van der Waals surface area contributed by atoms with Crippen molar-refractivity contribution >= 4 is 12.0 Å². The van der Waals surface area contributed by atoms with Gasteiger partial charge in [-0.1, -0.05) is 78.3 Å². The molecule has 0 heterocycles. The van der Waals surface area contributed by atoms with Crippen molar-refractivity contribution in [3.05, 3.63) is 42.0 Å². The fourth-order valence-corrected chi connectivity index (χ4v) is 3.33. The van der Waals surface area contributed by atoms with E-state index in [2.05, 4.69) is 41.5 Å². The van der Waals surface area contributed by atoms with Gasteiger partial charge in [0.15, 0.2) is 0 Å². The van der Waals surface area contributed by atoms with Crippen LogP contribution in [0.25, 0.3) is 6.08 Å². The van der Waals surface area contributed by atoms with Gasteiger partial charge in [0.25, 0.3) is 0 Å². The summed E-state index contributed by atoms with van der Waals surface area (Å²) in [7, 11) is 0. The molecular weight excluding hydrogens is 308 g/mol. The smallest absolute Gasteiger partial charge is 0.331 e. The van der Waals surface area contributed by atoms with Gasteiger partial charge in [-0.25, -0.2) is 4.79 Å². The molecule has 0 fully saturated rings. The van der Waals surface area contributed by atoms with E-state index >= 15 is 0 Å². The Bertz CT molecular complexity index is 534. The van der Waals surface area contributed by atoms with Crippen molar-refractivity contribution < 1.29 is 9.53 Å². The van der Waals surface area contributed by atoms with Crippen LogP contribution in [0, 0.1) is 29.6 Å². The molecule has 0 saturated heterocycles. The normalized spacial score (nSPS) is 19.0. The molecule has 0 saturated carbocycles. The molecule has 1 aromatic rings. The molecule has 0 amide bonds. The van der Waals surface area contributed by atoms with Crippen LogP contribution in [0.1, 0.15) is 60.5 Å². The van der Waals surface area contributed by atoms with Gasteiger partial charge in [0, 0.05) is 6.08 Å². The first-order chi connectivity index (χ1) is 11.8. The highest BCUT2D eigenvalue weighted by atomic mass is 16.5. The molecule has 0 spiro atoms. The fraction of sp³-hybridized carbons (Fsp3) is 0.609. The Hall–Kier alpha value is -1.57. The van der Waals surface area contributed by atoms with Gasteiger partial charge >= 0.3 is 5.97 Å². The van der Waals surface area contributed by atoms with Gasteiger partial charge in [-0.15, -0.1) is 0 Å². The lowest BCUT2D eigenvalue weighted by Crippen LogP contribution is -2.33. The quantitative estimate of drug-likeness (QED) is 0.392. The van der Waals surface area contributed by atoms with E-state index in [0.717, 1.165) is 11.5 Å². The third kappa shape index (κ3) is 6.68. The predicted molar refractivity (Wildman–Crippen MR) is 107 cm³/mol. The summed E-state index contributed by atoms with van der Waals surface area (Å²) >= 11 is 0. The van der Waals surface area contributed by atoms with Crippen LogP contribution >= 0.6 is 0 Å². The van der Waals surface area contributed by atoms with E-state index in [0.29, 0.717) is 23.7 Å². The summed E-state index contributed by atoms with van der Waals surface area (Å²) in [6.07, 6.45) is 4.45. The van der Waals surface area contributed by atoms with Gasteiger partial charge < -0.3 is 4.74 Å². The maximum absolute atomic E-state index is 12.1. The van der Waals surface area contributed by atoms with Crippen molar-refractivity contribution in [1.29, 1.82) is 0 Å². The summed E-state index contributed by atoms with van der Waals surface area (Å²) < 4.78 is 5.65. The second-order valence-corrected chi connectivity index (χ2v) is 7.71. The first kappa shape index (κ1) is 21.5. The van der Waals surface area contributed by atoms with E-state index in [4.69, 9.17) is 4.74 Å². The average molecular weight is 345 g/mol. The topological polar surface area (TPSA) is 26.3 Å². The largest absolute Gasteiger partial charge is 0.459 e. The number of carbonyl (C=O) groups is 1. The zero-order valence-electron chi connectivity index (χ0n) is 17.0. The molecule has 2 nitrogen and oxygen atoms in total. The van der Waals surface area contributed by atoms with E-state index in [9.17, 15) is 4.79 Å². The number of carbonyl (C=O) groups excluding carboxylic acids is 1. The number of benzene rings is 1. The lowest BCUT2D eigenvalue weighted by molar-refractivity contribution is -0.145. The van der Waals surface area contributed by atoms with Crippen molar-refractivity contribution in [2.24, 2.45) is 29.6 Å². The first-order valence-electron chi connectivity index (χ1n) is 9.71. The van der Waals surface area contributed by atoms with Crippen LogP contribution in [0.4, 0.5) is 0 Å². The van der Waals surface area contributed by atoms with E-state index < -0.39 is 0 Å². The van der Waals surface area contributed by atoms with Crippen LogP contribution in [-0.2, 0) is 9.53 Å². The van der Waals surface area contributed by atoms with Crippen LogP contribution in [0.2, 0.25) is 0 Å². The third-order valence-corrected chi connectivity index (χ3v) is 6.28. The van der Waals surface area contributed by atoms with E-state index in [1.165, 1.54) is 12.5 Å². The lowest BCUT2D eigenvalue weighted by atomic mass is 9.72. The first-order valence-corrected chi connectivity index (χ1v) is 9.71. The lowest BCUT2D eigenvalue weighted by Gasteiger charge is -2.35. The molecule has 0 radical (unpaired) electrons. The van der Waals surface area contributed by atoms with Gasteiger partial charge in [0.05, 0.1) is 0 Å². The number of hydrogen-bond acceptors (Lipinski definition) is 2.